The molecule has 0 heterocycles. The number of aliphatic carboxylic acids is 1. The second-order valence-electron chi connectivity index (χ2n) is 3.76. The van der Waals surface area contributed by atoms with Crippen molar-refractivity contribution < 1.29 is 23.4 Å². The number of carbonyl (C=O) groups is 1. The maximum Gasteiger partial charge on any atom is 0.352 e. The van der Waals surface area contributed by atoms with Crippen LogP contribution < -0.4 is 0 Å². The SMILES string of the molecule is CC[C@](O)(C(=O)O)S(=O)(=O)c1ccc(C)cc1. The van der Waals surface area contributed by atoms with Crippen LogP contribution in [0.4, 0.5) is 0 Å². The zero-order chi connectivity index (χ0) is 13.3. The lowest BCUT2D eigenvalue weighted by Crippen LogP contribution is -2.45. The van der Waals surface area contributed by atoms with Gasteiger partial charge in [-0.2, -0.15) is 0 Å². The van der Waals surface area contributed by atoms with Gasteiger partial charge in [-0.15, -0.1) is 0 Å². The fraction of sp³-hybridized carbons (Fsp3) is 0.364. The fourth-order valence-electron chi connectivity index (χ4n) is 1.37. The van der Waals surface area contributed by atoms with E-state index in [2.05, 4.69) is 0 Å². The van der Waals surface area contributed by atoms with Crippen molar-refractivity contribution in [2.24, 2.45) is 0 Å². The first-order valence-electron chi connectivity index (χ1n) is 5.02. The van der Waals surface area contributed by atoms with Crippen molar-refractivity contribution in [3.63, 3.8) is 0 Å². The van der Waals surface area contributed by atoms with E-state index in [-0.39, 0.29) is 4.90 Å². The largest absolute Gasteiger partial charge is 0.478 e. The van der Waals surface area contributed by atoms with Crippen molar-refractivity contribution in [2.45, 2.75) is 30.1 Å². The molecule has 0 saturated heterocycles. The van der Waals surface area contributed by atoms with E-state index in [4.69, 9.17) is 5.11 Å². The summed E-state index contributed by atoms with van der Waals surface area (Å²) in [5.74, 6) is -1.76. The summed E-state index contributed by atoms with van der Waals surface area (Å²) in [5.41, 5.74) is 0.847. The highest BCUT2D eigenvalue weighted by atomic mass is 32.2. The maximum atomic E-state index is 12.0. The van der Waals surface area contributed by atoms with Gasteiger partial charge in [-0.3, -0.25) is 0 Å². The van der Waals surface area contributed by atoms with Crippen molar-refractivity contribution in [3.05, 3.63) is 29.8 Å². The first kappa shape index (κ1) is 13.7. The number of hydrogen-bond donors (Lipinski definition) is 2. The van der Waals surface area contributed by atoms with Crippen LogP contribution in [0, 0.1) is 6.92 Å². The molecule has 0 bridgehead atoms. The molecule has 1 rings (SSSR count). The first-order valence-corrected chi connectivity index (χ1v) is 6.51. The van der Waals surface area contributed by atoms with E-state index in [0.717, 1.165) is 5.56 Å². The molecule has 0 aliphatic rings. The molecule has 1 aromatic rings. The second kappa shape index (κ2) is 4.46. The molecule has 94 valence electrons. The zero-order valence-corrected chi connectivity index (χ0v) is 10.4. The molecule has 0 unspecified atom stereocenters. The van der Waals surface area contributed by atoms with Gasteiger partial charge >= 0.3 is 5.97 Å². The van der Waals surface area contributed by atoms with Gasteiger partial charge in [-0.1, -0.05) is 24.6 Å². The Bertz CT molecular complexity index is 517. The molecule has 6 heteroatoms. The van der Waals surface area contributed by atoms with E-state index >= 15 is 0 Å². The maximum absolute atomic E-state index is 12.0. The van der Waals surface area contributed by atoms with Crippen LogP contribution in [0.1, 0.15) is 18.9 Å². The van der Waals surface area contributed by atoms with E-state index in [1.807, 2.05) is 0 Å². The quantitative estimate of drug-likeness (QED) is 0.839. The van der Waals surface area contributed by atoms with Crippen LogP contribution >= 0.6 is 0 Å². The third-order valence-corrected chi connectivity index (χ3v) is 4.83. The molecule has 5 nitrogen and oxygen atoms in total. The van der Waals surface area contributed by atoms with E-state index < -0.39 is 27.2 Å². The van der Waals surface area contributed by atoms with Gasteiger partial charge in [0.15, 0.2) is 0 Å². The molecule has 0 amide bonds. The van der Waals surface area contributed by atoms with Crippen molar-refractivity contribution in [1.82, 2.24) is 0 Å². The molecule has 2 N–H and O–H groups in total. The van der Waals surface area contributed by atoms with Gasteiger partial charge in [0.2, 0.25) is 9.84 Å². The molecule has 17 heavy (non-hydrogen) atoms. The van der Waals surface area contributed by atoms with Gasteiger partial charge in [-0.25, -0.2) is 13.2 Å². The lowest BCUT2D eigenvalue weighted by molar-refractivity contribution is -0.150. The molecule has 0 aromatic heterocycles. The van der Waals surface area contributed by atoms with Crippen molar-refractivity contribution in [2.75, 3.05) is 0 Å². The molecule has 1 atom stereocenters. The molecular formula is C11H14O5S. The van der Waals surface area contributed by atoms with Crippen LogP contribution in [0.3, 0.4) is 0 Å². The lowest BCUT2D eigenvalue weighted by atomic mass is 10.2. The summed E-state index contributed by atoms with van der Waals surface area (Å²) in [6, 6.07) is 5.66. The summed E-state index contributed by atoms with van der Waals surface area (Å²) < 4.78 is 24.0. The highest BCUT2D eigenvalue weighted by Crippen LogP contribution is 2.27. The Kier molecular flexibility index (Phi) is 3.59. The van der Waals surface area contributed by atoms with Crippen LogP contribution in [0.2, 0.25) is 0 Å². The smallest absolute Gasteiger partial charge is 0.352 e. The van der Waals surface area contributed by atoms with Gasteiger partial charge in [-0.05, 0) is 25.5 Å². The van der Waals surface area contributed by atoms with Gasteiger partial charge in [0.1, 0.15) is 0 Å². The third-order valence-electron chi connectivity index (χ3n) is 2.59. The number of carboxylic acids is 1. The number of sulfone groups is 1. The van der Waals surface area contributed by atoms with Crippen molar-refractivity contribution in [3.8, 4) is 0 Å². The molecule has 0 radical (unpaired) electrons. The molecule has 0 aliphatic carbocycles. The molecule has 1 aromatic carbocycles. The normalized spacial score (nSPS) is 15.2. The minimum atomic E-state index is -4.31. The standard InChI is InChI=1S/C11H14O5S/c1-3-11(14,10(12)13)17(15,16)9-6-4-8(2)5-7-9/h4-7,14H,3H2,1-2H3,(H,12,13)/t11-/m1/s1. The summed E-state index contributed by atoms with van der Waals surface area (Å²) >= 11 is 0. The Morgan fingerprint density at radius 2 is 1.76 bits per heavy atom. The van der Waals surface area contributed by atoms with Crippen LogP contribution in [-0.2, 0) is 14.6 Å². The predicted octanol–water partition coefficient (Wildman–Crippen LogP) is 0.952. The van der Waals surface area contributed by atoms with Crippen molar-refractivity contribution in [1.29, 1.82) is 0 Å². The fourth-order valence-corrected chi connectivity index (χ4v) is 2.86. The Morgan fingerprint density at radius 1 is 1.29 bits per heavy atom. The monoisotopic (exact) mass is 258 g/mol. The van der Waals surface area contributed by atoms with Crippen LogP contribution in [0.25, 0.3) is 0 Å². The van der Waals surface area contributed by atoms with E-state index in [1.165, 1.54) is 19.1 Å². The molecule has 0 spiro atoms. The summed E-state index contributed by atoms with van der Waals surface area (Å²) in [6.45, 7) is 3.08. The van der Waals surface area contributed by atoms with Gasteiger partial charge in [0.05, 0.1) is 4.90 Å². The van der Waals surface area contributed by atoms with Crippen LogP contribution in [0.15, 0.2) is 29.2 Å². The van der Waals surface area contributed by atoms with E-state index in [9.17, 15) is 18.3 Å². The van der Waals surface area contributed by atoms with Gasteiger partial charge in [0.25, 0.3) is 4.93 Å². The van der Waals surface area contributed by atoms with Gasteiger partial charge < -0.3 is 10.2 Å². The Morgan fingerprint density at radius 3 is 2.12 bits per heavy atom. The number of rotatable bonds is 4. The van der Waals surface area contributed by atoms with Crippen LogP contribution in [0.5, 0.6) is 0 Å². The minimum absolute atomic E-state index is 0.199. The predicted molar refractivity (Wildman–Crippen MR) is 61.2 cm³/mol. The average molecular weight is 258 g/mol. The zero-order valence-electron chi connectivity index (χ0n) is 9.54. The summed E-state index contributed by atoms with van der Waals surface area (Å²) in [6.07, 6.45) is -0.418. The Labute approximate surface area is 99.6 Å². The third kappa shape index (κ3) is 2.18. The average Bonchev–Trinajstić information content (AvgIpc) is 2.28. The number of carboxylic acid groups (broad SMARTS) is 1. The highest BCUT2D eigenvalue weighted by Gasteiger charge is 2.48. The summed E-state index contributed by atoms with van der Waals surface area (Å²) in [5, 5.41) is 18.6. The van der Waals surface area contributed by atoms with E-state index in [0.29, 0.717) is 0 Å². The Balaban J connectivity index is 3.37. The van der Waals surface area contributed by atoms with Crippen LogP contribution in [-0.4, -0.2) is 29.5 Å². The van der Waals surface area contributed by atoms with Crippen molar-refractivity contribution >= 4 is 15.8 Å². The molecule has 0 aliphatic heterocycles. The highest BCUT2D eigenvalue weighted by molar-refractivity contribution is 7.93. The summed E-state index contributed by atoms with van der Waals surface area (Å²) in [7, 11) is -4.31. The number of aliphatic hydroxyl groups is 1. The summed E-state index contributed by atoms with van der Waals surface area (Å²) in [4.78, 5) is 7.94. The number of benzene rings is 1. The Hall–Kier alpha value is -1.40. The molecule has 0 saturated carbocycles. The topological polar surface area (TPSA) is 91.7 Å². The number of aryl methyl sites for hydroxylation is 1. The first-order chi connectivity index (χ1) is 7.75. The molecular weight excluding hydrogens is 244 g/mol. The molecule has 0 fully saturated rings. The minimum Gasteiger partial charge on any atom is -0.478 e. The van der Waals surface area contributed by atoms with Gasteiger partial charge in [0, 0.05) is 0 Å². The number of hydrogen-bond acceptors (Lipinski definition) is 4. The second-order valence-corrected chi connectivity index (χ2v) is 5.91. The lowest BCUT2D eigenvalue weighted by Gasteiger charge is -2.21. The van der Waals surface area contributed by atoms with E-state index in [1.54, 1.807) is 19.1 Å².